The zero-order valence-electron chi connectivity index (χ0n) is 26.4. The number of pyridine rings is 1. The molecule has 2 aromatic heterocycles. The molecule has 3 amide bonds. The summed E-state index contributed by atoms with van der Waals surface area (Å²) >= 11 is 1.36. The van der Waals surface area contributed by atoms with Gasteiger partial charge in [0.25, 0.3) is 11.8 Å². The van der Waals surface area contributed by atoms with Crippen molar-refractivity contribution in [2.45, 2.75) is 50.9 Å². The molecule has 0 aliphatic carbocycles. The Morgan fingerprint density at radius 3 is 2.10 bits per heavy atom. The Morgan fingerprint density at radius 2 is 1.48 bits per heavy atom. The lowest BCUT2D eigenvalue weighted by atomic mass is 9.93. The number of benzene rings is 3. The zero-order chi connectivity index (χ0) is 33.9. The molecule has 246 valence electrons. The molecule has 5 aromatic rings. The minimum atomic E-state index is -1.48. The molecule has 3 N–H and O–H groups in total. The van der Waals surface area contributed by atoms with Crippen molar-refractivity contribution in [3.8, 4) is 0 Å². The van der Waals surface area contributed by atoms with Crippen LogP contribution in [-0.2, 0) is 19.4 Å². The van der Waals surface area contributed by atoms with E-state index in [9.17, 15) is 24.6 Å². The highest BCUT2D eigenvalue weighted by atomic mass is 32.1. The molecule has 0 aliphatic heterocycles. The molecule has 0 bridgehead atoms. The standard InChI is InChI=1S/C37H37N5O5S/c1-25-39-32(24-48-25)36(45)41-31(21-27-14-6-3-7-15-27)34(43)22-29(20-26-12-4-2-5-13-26)40-35(44)30-17-8-9-18-33(30)42(37(46)47)23-28-16-10-11-19-38-28/h2-19,24,29,31,34,43H,20-23H2,1H3,(H,40,44)(H,41,45)(H,46,47)/p-1/t29-,31-,34-/m0/s1. The Bertz CT molecular complexity index is 1800. The van der Waals surface area contributed by atoms with Gasteiger partial charge in [-0.3, -0.25) is 14.6 Å². The Hall–Kier alpha value is -5.39. The molecule has 0 unspecified atom stereocenters. The number of carboxylic acid groups (broad SMARTS) is 1. The van der Waals surface area contributed by atoms with Crippen LogP contribution in [0, 0.1) is 6.92 Å². The van der Waals surface area contributed by atoms with E-state index in [1.54, 1.807) is 54.0 Å². The van der Waals surface area contributed by atoms with E-state index in [2.05, 4.69) is 20.6 Å². The van der Waals surface area contributed by atoms with Gasteiger partial charge in [0, 0.05) is 17.6 Å². The summed E-state index contributed by atoms with van der Waals surface area (Å²) in [5.74, 6) is -0.917. The van der Waals surface area contributed by atoms with Gasteiger partial charge in [-0.2, -0.15) is 0 Å². The second-order valence-corrected chi connectivity index (χ2v) is 12.4. The van der Waals surface area contributed by atoms with E-state index in [1.165, 1.54) is 11.3 Å². The summed E-state index contributed by atoms with van der Waals surface area (Å²) < 4.78 is 0. The third kappa shape index (κ3) is 9.34. The van der Waals surface area contributed by atoms with Gasteiger partial charge in [-0.25, -0.2) is 4.98 Å². The number of thiazole rings is 1. The van der Waals surface area contributed by atoms with Crippen LogP contribution in [0.15, 0.2) is 115 Å². The van der Waals surface area contributed by atoms with Gasteiger partial charge in [0.05, 0.1) is 40.6 Å². The monoisotopic (exact) mass is 662 g/mol. The minimum absolute atomic E-state index is 0.0921. The second-order valence-electron chi connectivity index (χ2n) is 11.4. The summed E-state index contributed by atoms with van der Waals surface area (Å²) in [5.41, 5.74) is 2.88. The highest BCUT2D eigenvalue weighted by Crippen LogP contribution is 2.23. The van der Waals surface area contributed by atoms with Crippen LogP contribution in [0.25, 0.3) is 0 Å². The molecule has 5 rings (SSSR count). The summed E-state index contributed by atoms with van der Waals surface area (Å²) in [5, 5.41) is 32.4. The van der Waals surface area contributed by atoms with Gasteiger partial charge in [-0.15, -0.1) is 11.3 Å². The predicted molar refractivity (Wildman–Crippen MR) is 183 cm³/mol. The minimum Gasteiger partial charge on any atom is -0.530 e. The van der Waals surface area contributed by atoms with Gasteiger partial charge in [-0.1, -0.05) is 78.9 Å². The van der Waals surface area contributed by atoms with Gasteiger partial charge < -0.3 is 30.5 Å². The fourth-order valence-electron chi connectivity index (χ4n) is 5.47. The number of carbonyl (C=O) groups is 3. The van der Waals surface area contributed by atoms with E-state index in [0.717, 1.165) is 21.0 Å². The van der Waals surface area contributed by atoms with Gasteiger partial charge in [0.2, 0.25) is 0 Å². The van der Waals surface area contributed by atoms with Gasteiger partial charge in [-0.05, 0) is 61.6 Å². The van der Waals surface area contributed by atoms with Crippen molar-refractivity contribution >= 4 is 34.9 Å². The van der Waals surface area contributed by atoms with Crippen LogP contribution in [0.1, 0.15) is 49.1 Å². The van der Waals surface area contributed by atoms with Crippen molar-refractivity contribution in [2.75, 3.05) is 4.90 Å². The number of para-hydroxylation sites is 1. The summed E-state index contributed by atoms with van der Waals surface area (Å²) in [6, 6.07) is 29.3. The van der Waals surface area contributed by atoms with E-state index in [0.29, 0.717) is 18.5 Å². The number of anilines is 1. The van der Waals surface area contributed by atoms with E-state index >= 15 is 0 Å². The highest BCUT2D eigenvalue weighted by Gasteiger charge is 2.28. The maximum Gasteiger partial charge on any atom is 0.271 e. The first kappa shape index (κ1) is 34.0. The van der Waals surface area contributed by atoms with Gasteiger partial charge >= 0.3 is 0 Å². The van der Waals surface area contributed by atoms with E-state index in [1.807, 2.05) is 67.6 Å². The molecule has 0 aliphatic rings. The lowest BCUT2D eigenvalue weighted by molar-refractivity contribution is -0.246. The second kappa shape index (κ2) is 16.4. The summed E-state index contributed by atoms with van der Waals surface area (Å²) in [6.45, 7) is 1.70. The molecule has 0 spiro atoms. The lowest BCUT2D eigenvalue weighted by Crippen LogP contribution is -2.49. The smallest absolute Gasteiger partial charge is 0.271 e. The van der Waals surface area contributed by atoms with E-state index in [4.69, 9.17) is 0 Å². The average molecular weight is 663 g/mol. The molecule has 0 saturated heterocycles. The lowest BCUT2D eigenvalue weighted by Gasteiger charge is -2.30. The number of amides is 3. The first-order valence-corrected chi connectivity index (χ1v) is 16.4. The summed E-state index contributed by atoms with van der Waals surface area (Å²) in [4.78, 5) is 48.9. The fourth-order valence-corrected chi connectivity index (χ4v) is 6.07. The van der Waals surface area contributed by atoms with Crippen molar-refractivity contribution in [3.05, 3.63) is 148 Å². The van der Waals surface area contributed by atoms with Crippen molar-refractivity contribution in [2.24, 2.45) is 0 Å². The number of aliphatic hydroxyl groups is 1. The summed E-state index contributed by atoms with van der Waals surface area (Å²) in [6.07, 6.45) is -0.170. The number of nitrogens with zero attached hydrogens (tertiary/aromatic N) is 3. The van der Waals surface area contributed by atoms with Crippen molar-refractivity contribution < 1.29 is 24.6 Å². The van der Waals surface area contributed by atoms with Crippen LogP contribution in [0.3, 0.4) is 0 Å². The van der Waals surface area contributed by atoms with Crippen molar-refractivity contribution in [1.82, 2.24) is 20.6 Å². The Morgan fingerprint density at radius 1 is 0.833 bits per heavy atom. The molecular formula is C37H36N5O5S-. The largest absolute Gasteiger partial charge is 0.530 e. The molecule has 48 heavy (non-hydrogen) atoms. The Kier molecular flexibility index (Phi) is 11.6. The quantitative estimate of drug-likeness (QED) is 0.160. The highest BCUT2D eigenvalue weighted by molar-refractivity contribution is 7.09. The topological polar surface area (TPSA) is 148 Å². The fraction of sp³-hybridized carbons (Fsp3) is 0.216. The van der Waals surface area contributed by atoms with E-state index in [-0.39, 0.29) is 29.9 Å². The average Bonchev–Trinajstić information content (AvgIpc) is 3.54. The molecule has 2 heterocycles. The predicted octanol–water partition coefficient (Wildman–Crippen LogP) is 4.33. The Balaban J connectivity index is 1.40. The molecule has 0 saturated carbocycles. The number of aliphatic hydroxyl groups excluding tert-OH is 1. The molecule has 0 radical (unpaired) electrons. The molecule has 3 aromatic carbocycles. The number of aryl methyl sites for hydroxylation is 1. The maximum atomic E-state index is 13.9. The van der Waals surface area contributed by atoms with Crippen LogP contribution >= 0.6 is 11.3 Å². The maximum absolute atomic E-state index is 13.9. The molecule has 0 fully saturated rings. The van der Waals surface area contributed by atoms with Crippen LogP contribution in [0.5, 0.6) is 0 Å². The van der Waals surface area contributed by atoms with Crippen molar-refractivity contribution in [1.29, 1.82) is 0 Å². The van der Waals surface area contributed by atoms with Crippen LogP contribution in [0.2, 0.25) is 0 Å². The number of hydrogen-bond acceptors (Lipinski definition) is 8. The Labute approximate surface area is 283 Å². The molecular weight excluding hydrogens is 627 g/mol. The number of aromatic nitrogens is 2. The van der Waals surface area contributed by atoms with Crippen LogP contribution < -0.4 is 20.6 Å². The van der Waals surface area contributed by atoms with Gasteiger partial charge in [0.15, 0.2) is 0 Å². The third-order valence-corrected chi connectivity index (χ3v) is 8.60. The van der Waals surface area contributed by atoms with Crippen LogP contribution in [-0.4, -0.2) is 51.2 Å². The van der Waals surface area contributed by atoms with Crippen molar-refractivity contribution in [3.63, 3.8) is 0 Å². The molecule has 3 atom stereocenters. The SMILES string of the molecule is Cc1nc(C(=O)N[C@@H](Cc2ccccc2)[C@@H](O)C[C@H](Cc2ccccc2)NC(=O)c2ccccc2N(Cc2ccccn2)C(=O)[O-])cs1. The van der Waals surface area contributed by atoms with Crippen LogP contribution in [0.4, 0.5) is 10.5 Å². The van der Waals surface area contributed by atoms with E-state index < -0.39 is 36.1 Å². The number of carbonyl (C=O) groups excluding carboxylic acids is 3. The number of nitrogens with one attached hydrogen (secondary N) is 2. The summed E-state index contributed by atoms with van der Waals surface area (Å²) in [7, 11) is 0. The van der Waals surface area contributed by atoms with Gasteiger partial charge in [0.1, 0.15) is 11.8 Å². The third-order valence-electron chi connectivity index (χ3n) is 7.82. The first-order chi connectivity index (χ1) is 23.3. The number of hydrogen-bond donors (Lipinski definition) is 3. The molecule has 10 nitrogen and oxygen atoms in total. The normalized spacial score (nSPS) is 12.8. The molecule has 11 heteroatoms. The number of rotatable bonds is 14. The zero-order valence-corrected chi connectivity index (χ0v) is 27.2. The first-order valence-electron chi connectivity index (χ1n) is 15.5.